The van der Waals surface area contributed by atoms with E-state index in [9.17, 15) is 4.79 Å². The first-order valence-electron chi connectivity index (χ1n) is 9.09. The van der Waals surface area contributed by atoms with E-state index in [1.54, 1.807) is 0 Å². The molecule has 1 aromatic rings. The van der Waals surface area contributed by atoms with E-state index in [0.717, 1.165) is 58.8 Å². The molecule has 1 unspecified atom stereocenters. The molecule has 2 saturated heterocycles. The quantitative estimate of drug-likeness (QED) is 0.861. The lowest BCUT2D eigenvalue weighted by Crippen LogP contribution is -2.49. The molecule has 1 atom stereocenters. The Labute approximate surface area is 145 Å². The summed E-state index contributed by atoms with van der Waals surface area (Å²) in [6, 6.07) is 8.64. The molecule has 1 amide bonds. The number of nitrogens with one attached hydrogen (secondary N) is 1. The van der Waals surface area contributed by atoms with Gasteiger partial charge in [-0.2, -0.15) is 0 Å². The van der Waals surface area contributed by atoms with E-state index >= 15 is 0 Å². The van der Waals surface area contributed by atoms with Gasteiger partial charge < -0.3 is 15.0 Å². The first-order chi connectivity index (χ1) is 11.7. The Morgan fingerprint density at radius 2 is 2.12 bits per heavy atom. The Hall–Kier alpha value is -1.59. The van der Waals surface area contributed by atoms with Crippen LogP contribution in [0.25, 0.3) is 0 Å². The van der Waals surface area contributed by atoms with E-state index < -0.39 is 0 Å². The summed E-state index contributed by atoms with van der Waals surface area (Å²) < 4.78 is 5.36. The predicted octanol–water partition coefficient (Wildman–Crippen LogP) is 1.66. The van der Waals surface area contributed by atoms with E-state index in [2.05, 4.69) is 46.3 Å². The monoisotopic (exact) mass is 331 g/mol. The van der Waals surface area contributed by atoms with E-state index in [0.29, 0.717) is 12.5 Å². The van der Waals surface area contributed by atoms with Crippen molar-refractivity contribution in [3.05, 3.63) is 29.8 Å². The molecular weight excluding hydrogens is 302 g/mol. The number of anilines is 1. The second-order valence-corrected chi connectivity index (χ2v) is 6.97. The normalized spacial score (nSPS) is 21.9. The molecule has 5 nitrogen and oxygen atoms in total. The van der Waals surface area contributed by atoms with Crippen LogP contribution < -0.4 is 10.2 Å². The van der Waals surface area contributed by atoms with Crippen LogP contribution in [0.2, 0.25) is 0 Å². The summed E-state index contributed by atoms with van der Waals surface area (Å²) in [5.74, 6) is 0.779. The zero-order valence-electron chi connectivity index (χ0n) is 14.7. The summed E-state index contributed by atoms with van der Waals surface area (Å²) in [6.07, 6.45) is 2.17. The van der Waals surface area contributed by atoms with Gasteiger partial charge >= 0.3 is 0 Å². The number of carbonyl (C=O) groups excluding carboxylic acids is 1. The zero-order chi connectivity index (χ0) is 16.8. The van der Waals surface area contributed by atoms with Gasteiger partial charge in [0.1, 0.15) is 0 Å². The molecule has 0 radical (unpaired) electrons. The van der Waals surface area contributed by atoms with E-state index in [1.165, 1.54) is 11.3 Å². The van der Waals surface area contributed by atoms with Gasteiger partial charge in [-0.05, 0) is 43.4 Å². The lowest BCUT2D eigenvalue weighted by molar-refractivity contribution is -0.122. The highest BCUT2D eigenvalue weighted by atomic mass is 16.5. The van der Waals surface area contributed by atoms with Crippen molar-refractivity contribution in [1.29, 1.82) is 0 Å². The SMILES string of the molecule is Cc1cccc(N2CCN(CC(=O)NCCC3CCOC3)CC2)c1. The van der Waals surface area contributed by atoms with Gasteiger partial charge in [-0.25, -0.2) is 0 Å². The van der Waals surface area contributed by atoms with Crippen molar-refractivity contribution < 1.29 is 9.53 Å². The molecule has 3 rings (SSSR count). The highest BCUT2D eigenvalue weighted by molar-refractivity contribution is 5.78. The minimum absolute atomic E-state index is 0.151. The minimum Gasteiger partial charge on any atom is -0.381 e. The minimum atomic E-state index is 0.151. The summed E-state index contributed by atoms with van der Waals surface area (Å²) in [5.41, 5.74) is 2.58. The van der Waals surface area contributed by atoms with Gasteiger partial charge in [0.05, 0.1) is 6.54 Å². The summed E-state index contributed by atoms with van der Waals surface area (Å²) in [6.45, 7) is 9.00. The highest BCUT2D eigenvalue weighted by Crippen LogP contribution is 2.18. The van der Waals surface area contributed by atoms with Crippen molar-refractivity contribution >= 4 is 11.6 Å². The third-order valence-corrected chi connectivity index (χ3v) is 5.01. The number of benzene rings is 1. The van der Waals surface area contributed by atoms with Crippen LogP contribution in [0.5, 0.6) is 0 Å². The fourth-order valence-corrected chi connectivity index (χ4v) is 3.47. The molecule has 2 fully saturated rings. The molecule has 1 N–H and O–H groups in total. The highest BCUT2D eigenvalue weighted by Gasteiger charge is 2.20. The van der Waals surface area contributed by atoms with Gasteiger partial charge in [0.15, 0.2) is 0 Å². The lowest BCUT2D eigenvalue weighted by atomic mass is 10.1. The predicted molar refractivity (Wildman–Crippen MR) is 96.4 cm³/mol. The summed E-state index contributed by atoms with van der Waals surface area (Å²) in [5, 5.41) is 3.06. The second-order valence-electron chi connectivity index (χ2n) is 6.97. The topological polar surface area (TPSA) is 44.8 Å². The van der Waals surface area contributed by atoms with Crippen molar-refractivity contribution in [1.82, 2.24) is 10.2 Å². The van der Waals surface area contributed by atoms with Crippen LogP contribution in [0.4, 0.5) is 5.69 Å². The first kappa shape index (κ1) is 17.2. The first-order valence-corrected chi connectivity index (χ1v) is 9.09. The third-order valence-electron chi connectivity index (χ3n) is 5.01. The molecule has 2 aliphatic rings. The van der Waals surface area contributed by atoms with Crippen LogP contribution in [0.1, 0.15) is 18.4 Å². The van der Waals surface area contributed by atoms with Crippen molar-refractivity contribution in [2.75, 3.05) is 57.4 Å². The molecule has 0 spiro atoms. The number of hydrogen-bond donors (Lipinski definition) is 1. The van der Waals surface area contributed by atoms with Crippen LogP contribution in [-0.2, 0) is 9.53 Å². The van der Waals surface area contributed by atoms with Gasteiger partial charge in [0, 0.05) is 51.6 Å². The summed E-state index contributed by atoms with van der Waals surface area (Å²) in [4.78, 5) is 16.7. The van der Waals surface area contributed by atoms with Crippen LogP contribution in [0.15, 0.2) is 24.3 Å². The number of hydrogen-bond acceptors (Lipinski definition) is 4. The Morgan fingerprint density at radius 1 is 1.29 bits per heavy atom. The Kier molecular flexibility index (Phi) is 6.10. The summed E-state index contributed by atoms with van der Waals surface area (Å²) in [7, 11) is 0. The third kappa shape index (κ3) is 4.95. The molecule has 132 valence electrons. The number of amides is 1. The number of carbonyl (C=O) groups is 1. The zero-order valence-corrected chi connectivity index (χ0v) is 14.7. The molecule has 5 heteroatoms. The van der Waals surface area contributed by atoms with Gasteiger partial charge in [-0.15, -0.1) is 0 Å². The summed E-state index contributed by atoms with van der Waals surface area (Å²) >= 11 is 0. The number of ether oxygens (including phenoxy) is 1. The van der Waals surface area contributed by atoms with Crippen molar-refractivity contribution in [2.24, 2.45) is 5.92 Å². The molecule has 24 heavy (non-hydrogen) atoms. The molecule has 0 saturated carbocycles. The maximum atomic E-state index is 12.1. The molecule has 1 aromatic carbocycles. The Morgan fingerprint density at radius 3 is 2.83 bits per heavy atom. The molecular formula is C19H29N3O2. The van der Waals surface area contributed by atoms with Gasteiger partial charge in [0.2, 0.25) is 5.91 Å². The van der Waals surface area contributed by atoms with Gasteiger partial charge in [0.25, 0.3) is 0 Å². The number of aryl methyl sites for hydroxylation is 1. The maximum absolute atomic E-state index is 12.1. The molecule has 0 aromatic heterocycles. The fourth-order valence-electron chi connectivity index (χ4n) is 3.47. The fraction of sp³-hybridized carbons (Fsp3) is 0.632. The van der Waals surface area contributed by atoms with Gasteiger partial charge in [-0.1, -0.05) is 12.1 Å². The van der Waals surface area contributed by atoms with Gasteiger partial charge in [-0.3, -0.25) is 9.69 Å². The maximum Gasteiger partial charge on any atom is 0.234 e. The number of nitrogens with zero attached hydrogens (tertiary/aromatic N) is 2. The average Bonchev–Trinajstić information content (AvgIpc) is 3.09. The molecule has 2 aliphatic heterocycles. The molecule has 0 aliphatic carbocycles. The van der Waals surface area contributed by atoms with Crippen LogP contribution in [0, 0.1) is 12.8 Å². The van der Waals surface area contributed by atoms with E-state index in [4.69, 9.17) is 4.74 Å². The van der Waals surface area contributed by atoms with E-state index in [1.807, 2.05) is 0 Å². The van der Waals surface area contributed by atoms with Crippen LogP contribution in [0.3, 0.4) is 0 Å². The molecule has 2 heterocycles. The second kappa shape index (κ2) is 8.49. The standard InChI is InChI=1S/C19H29N3O2/c1-16-3-2-4-18(13-16)22-10-8-21(9-11-22)14-19(23)20-7-5-17-6-12-24-15-17/h2-4,13,17H,5-12,14-15H2,1H3,(H,20,23). The Balaban J connectivity index is 1.35. The molecule has 0 bridgehead atoms. The number of rotatable bonds is 6. The smallest absolute Gasteiger partial charge is 0.234 e. The number of piperazine rings is 1. The van der Waals surface area contributed by atoms with E-state index in [-0.39, 0.29) is 5.91 Å². The largest absolute Gasteiger partial charge is 0.381 e. The average molecular weight is 331 g/mol. The van der Waals surface area contributed by atoms with Crippen molar-refractivity contribution in [3.8, 4) is 0 Å². The van der Waals surface area contributed by atoms with Crippen molar-refractivity contribution in [2.45, 2.75) is 19.8 Å². The Bertz CT molecular complexity index is 535. The van der Waals surface area contributed by atoms with Crippen LogP contribution >= 0.6 is 0 Å². The van der Waals surface area contributed by atoms with Crippen LogP contribution in [-0.4, -0.2) is 63.3 Å². The lowest BCUT2D eigenvalue weighted by Gasteiger charge is -2.35. The van der Waals surface area contributed by atoms with Crippen molar-refractivity contribution in [3.63, 3.8) is 0 Å².